The summed E-state index contributed by atoms with van der Waals surface area (Å²) in [5.74, 6) is 0.554. The van der Waals surface area contributed by atoms with Crippen LogP contribution in [0.25, 0.3) is 0 Å². The lowest BCUT2D eigenvalue weighted by molar-refractivity contribution is -0.136. The third-order valence-corrected chi connectivity index (χ3v) is 6.56. The number of ketones is 1. The van der Waals surface area contributed by atoms with Gasteiger partial charge in [0.1, 0.15) is 5.75 Å². The summed E-state index contributed by atoms with van der Waals surface area (Å²) >= 11 is 0. The number of Topliss-reactive ketones (excluding diaryl/α,β-unsaturated/α-hetero) is 1. The lowest BCUT2D eigenvalue weighted by Crippen LogP contribution is -2.36. The second kappa shape index (κ2) is 9.63. The number of para-hydroxylation sites is 2. The van der Waals surface area contributed by atoms with Crippen LogP contribution in [0.5, 0.6) is 17.2 Å². The van der Waals surface area contributed by atoms with E-state index in [-0.39, 0.29) is 11.7 Å². The summed E-state index contributed by atoms with van der Waals surface area (Å²) < 4.78 is 21.8. The number of methoxy groups -OCH3 is 4. The van der Waals surface area contributed by atoms with E-state index in [9.17, 15) is 9.59 Å². The van der Waals surface area contributed by atoms with Crippen LogP contribution in [-0.4, -0.2) is 40.2 Å². The minimum atomic E-state index is -0.639. The molecule has 2 aliphatic rings. The van der Waals surface area contributed by atoms with Gasteiger partial charge in [-0.3, -0.25) is 4.79 Å². The molecule has 34 heavy (non-hydrogen) atoms. The zero-order valence-corrected chi connectivity index (χ0v) is 20.1. The van der Waals surface area contributed by atoms with Crippen LogP contribution in [0.2, 0.25) is 0 Å². The van der Waals surface area contributed by atoms with Crippen molar-refractivity contribution < 1.29 is 28.5 Å². The monoisotopic (exact) mass is 463 g/mol. The van der Waals surface area contributed by atoms with Gasteiger partial charge in [0.15, 0.2) is 17.3 Å². The van der Waals surface area contributed by atoms with Gasteiger partial charge in [0, 0.05) is 34.9 Å². The molecule has 2 aromatic rings. The number of nitrogens with one attached hydrogen (secondary N) is 1. The van der Waals surface area contributed by atoms with Crippen LogP contribution >= 0.6 is 0 Å². The minimum absolute atomic E-state index is 0.0339. The van der Waals surface area contributed by atoms with Gasteiger partial charge in [0.2, 0.25) is 0 Å². The molecule has 1 aliphatic carbocycles. The normalized spacial score (nSPS) is 19.9. The molecule has 7 nitrogen and oxygen atoms in total. The van der Waals surface area contributed by atoms with Crippen molar-refractivity contribution in [1.29, 1.82) is 0 Å². The number of benzene rings is 2. The van der Waals surface area contributed by atoms with Crippen LogP contribution in [0.1, 0.15) is 42.7 Å². The molecule has 0 bridgehead atoms. The largest absolute Gasteiger partial charge is 0.496 e. The molecule has 7 heteroatoms. The van der Waals surface area contributed by atoms with Gasteiger partial charge >= 0.3 is 5.97 Å². The van der Waals surface area contributed by atoms with E-state index < -0.39 is 11.9 Å². The average molecular weight is 464 g/mol. The molecule has 0 fully saturated rings. The summed E-state index contributed by atoms with van der Waals surface area (Å²) in [4.78, 5) is 26.7. The van der Waals surface area contributed by atoms with E-state index in [1.165, 1.54) is 7.11 Å². The molecule has 0 amide bonds. The highest BCUT2D eigenvalue weighted by atomic mass is 16.5. The fraction of sp³-hybridized carbons (Fsp3) is 0.333. The molecule has 0 spiro atoms. The molecule has 0 saturated carbocycles. The highest BCUT2D eigenvalue weighted by Gasteiger charge is 2.43. The smallest absolute Gasteiger partial charge is 0.336 e. The van der Waals surface area contributed by atoms with E-state index in [0.29, 0.717) is 46.7 Å². The number of ether oxygens (including phenoxy) is 4. The first-order valence-corrected chi connectivity index (χ1v) is 11.1. The second-order valence-corrected chi connectivity index (χ2v) is 8.33. The Hall–Kier alpha value is -3.74. The van der Waals surface area contributed by atoms with E-state index in [4.69, 9.17) is 18.9 Å². The lowest BCUT2D eigenvalue weighted by atomic mass is 9.71. The molecule has 0 unspecified atom stereocenters. The SMILES string of the molecule is COC(=O)C1=C(C)NC2=C(C(=O)C[C@@H](c3ccccc3OC)C2)[C@H]1c1cccc(OC)c1OC. The minimum Gasteiger partial charge on any atom is -0.496 e. The van der Waals surface area contributed by atoms with Crippen molar-refractivity contribution in [1.82, 2.24) is 5.32 Å². The Bertz CT molecular complexity index is 1200. The van der Waals surface area contributed by atoms with Crippen LogP contribution in [0.4, 0.5) is 0 Å². The van der Waals surface area contributed by atoms with Crippen molar-refractivity contribution in [3.05, 3.63) is 76.1 Å². The Kier molecular flexibility index (Phi) is 6.63. The zero-order valence-electron chi connectivity index (χ0n) is 20.1. The predicted octanol–water partition coefficient (Wildman–Crippen LogP) is 4.25. The third-order valence-electron chi connectivity index (χ3n) is 6.56. The highest BCUT2D eigenvalue weighted by molar-refractivity contribution is 6.04. The fourth-order valence-electron chi connectivity index (χ4n) is 5.09. The van der Waals surface area contributed by atoms with Crippen molar-refractivity contribution in [2.45, 2.75) is 31.6 Å². The Balaban J connectivity index is 1.88. The van der Waals surface area contributed by atoms with Gasteiger partial charge in [-0.15, -0.1) is 0 Å². The molecule has 178 valence electrons. The molecule has 2 aromatic carbocycles. The number of carbonyl (C=O) groups excluding carboxylic acids is 2. The molecule has 0 radical (unpaired) electrons. The van der Waals surface area contributed by atoms with Gasteiger partial charge in [-0.05, 0) is 31.0 Å². The van der Waals surface area contributed by atoms with Crippen LogP contribution in [0.3, 0.4) is 0 Å². The van der Waals surface area contributed by atoms with Crippen LogP contribution in [0, 0.1) is 0 Å². The van der Waals surface area contributed by atoms with Gasteiger partial charge < -0.3 is 24.3 Å². The standard InChI is InChI=1S/C27H29NO6/c1-15-23(27(30)34-5)24(18-10-8-12-22(32-3)26(18)33-4)25-19(28-15)13-16(14-20(25)29)17-9-6-7-11-21(17)31-2/h6-12,16,24,28H,13-14H2,1-5H3/t16-,24-/m0/s1. The molecular formula is C27H29NO6. The van der Waals surface area contributed by atoms with Crippen LogP contribution in [-0.2, 0) is 14.3 Å². The van der Waals surface area contributed by atoms with E-state index in [2.05, 4.69) is 5.32 Å². The van der Waals surface area contributed by atoms with Gasteiger partial charge in [0.05, 0.1) is 39.9 Å². The second-order valence-electron chi connectivity index (χ2n) is 8.33. The zero-order chi connectivity index (χ0) is 24.4. The summed E-state index contributed by atoms with van der Waals surface area (Å²) in [7, 11) is 6.08. The quantitative estimate of drug-likeness (QED) is 0.642. The van der Waals surface area contributed by atoms with Crippen molar-refractivity contribution >= 4 is 11.8 Å². The van der Waals surface area contributed by atoms with E-state index in [1.807, 2.05) is 43.3 Å². The summed E-state index contributed by atoms with van der Waals surface area (Å²) in [6, 6.07) is 13.2. The summed E-state index contributed by atoms with van der Waals surface area (Å²) in [5.41, 5.74) is 4.06. The van der Waals surface area contributed by atoms with E-state index in [0.717, 1.165) is 17.0 Å². The van der Waals surface area contributed by atoms with Crippen molar-refractivity contribution in [3.63, 3.8) is 0 Å². The van der Waals surface area contributed by atoms with Crippen molar-refractivity contribution in [2.24, 2.45) is 0 Å². The molecule has 0 saturated heterocycles. The van der Waals surface area contributed by atoms with Gasteiger partial charge in [-0.1, -0.05) is 30.3 Å². The molecule has 4 rings (SSSR count). The fourth-order valence-corrected chi connectivity index (χ4v) is 5.09. The van der Waals surface area contributed by atoms with Crippen molar-refractivity contribution in [3.8, 4) is 17.2 Å². The van der Waals surface area contributed by atoms with Gasteiger partial charge in [-0.25, -0.2) is 4.79 Å². The Morgan fingerprint density at radius 1 is 0.882 bits per heavy atom. The summed E-state index contributed by atoms with van der Waals surface area (Å²) in [5, 5.41) is 3.34. The molecule has 1 aliphatic heterocycles. The number of esters is 1. The first kappa shape index (κ1) is 23.4. The number of hydrogen-bond acceptors (Lipinski definition) is 7. The number of dihydropyridines is 1. The van der Waals surface area contributed by atoms with Crippen LogP contribution < -0.4 is 19.5 Å². The van der Waals surface area contributed by atoms with E-state index >= 15 is 0 Å². The summed E-state index contributed by atoms with van der Waals surface area (Å²) in [6.45, 7) is 1.83. The number of allylic oxidation sites excluding steroid dienone is 3. The van der Waals surface area contributed by atoms with Crippen molar-refractivity contribution in [2.75, 3.05) is 28.4 Å². The van der Waals surface area contributed by atoms with Crippen LogP contribution in [0.15, 0.2) is 65.0 Å². The first-order chi connectivity index (χ1) is 16.4. The highest BCUT2D eigenvalue weighted by Crippen LogP contribution is 2.49. The number of hydrogen-bond donors (Lipinski definition) is 1. The van der Waals surface area contributed by atoms with E-state index in [1.54, 1.807) is 27.4 Å². The lowest BCUT2D eigenvalue weighted by Gasteiger charge is -2.37. The Labute approximate surface area is 199 Å². The molecule has 0 aromatic heterocycles. The maximum atomic E-state index is 13.7. The Morgan fingerprint density at radius 3 is 2.24 bits per heavy atom. The topological polar surface area (TPSA) is 83.1 Å². The maximum absolute atomic E-state index is 13.7. The third kappa shape index (κ3) is 3.91. The summed E-state index contributed by atoms with van der Waals surface area (Å²) in [6.07, 6.45) is 0.910. The average Bonchev–Trinajstić information content (AvgIpc) is 2.86. The number of rotatable bonds is 6. The number of carbonyl (C=O) groups is 2. The molecular weight excluding hydrogens is 434 g/mol. The first-order valence-electron chi connectivity index (χ1n) is 11.1. The maximum Gasteiger partial charge on any atom is 0.336 e. The molecule has 2 atom stereocenters. The molecule has 1 N–H and O–H groups in total. The molecule has 1 heterocycles. The van der Waals surface area contributed by atoms with Gasteiger partial charge in [0.25, 0.3) is 0 Å². The predicted molar refractivity (Wildman–Crippen MR) is 127 cm³/mol. The Morgan fingerprint density at radius 2 is 1.56 bits per heavy atom. The van der Waals surface area contributed by atoms with Gasteiger partial charge in [-0.2, -0.15) is 0 Å².